The first kappa shape index (κ1) is 18.6. The van der Waals surface area contributed by atoms with E-state index in [1.54, 1.807) is 18.2 Å². The van der Waals surface area contributed by atoms with Gasteiger partial charge in [0.05, 0.1) is 27.2 Å². The quantitative estimate of drug-likeness (QED) is 0.816. The Hall–Kier alpha value is -3.22. The van der Waals surface area contributed by atoms with Crippen LogP contribution in [0, 0.1) is 0 Å². The molecular weight excluding hydrogens is 348 g/mol. The second-order valence-corrected chi connectivity index (χ2v) is 6.14. The summed E-state index contributed by atoms with van der Waals surface area (Å²) < 4.78 is 16.0. The zero-order valence-corrected chi connectivity index (χ0v) is 15.5. The van der Waals surface area contributed by atoms with Gasteiger partial charge in [0, 0.05) is 18.7 Å². The minimum atomic E-state index is -0.517. The minimum absolute atomic E-state index is 0.123. The molecule has 7 nitrogen and oxygen atoms in total. The molecular formula is C20H22N2O5. The molecule has 1 unspecified atom stereocenters. The maximum absolute atomic E-state index is 12.7. The van der Waals surface area contributed by atoms with Crippen molar-refractivity contribution >= 4 is 17.5 Å². The molecule has 0 spiro atoms. The Morgan fingerprint density at radius 2 is 1.78 bits per heavy atom. The molecule has 1 heterocycles. The molecule has 27 heavy (non-hydrogen) atoms. The number of para-hydroxylation sites is 1. The van der Waals surface area contributed by atoms with E-state index in [2.05, 4.69) is 10.6 Å². The zero-order chi connectivity index (χ0) is 19.4. The Morgan fingerprint density at radius 1 is 1.11 bits per heavy atom. The SMILES string of the molecule is COc1cc(CNC(=O)C2CC(=O)Nc3ccccc32)cc(OC)c1OC. The summed E-state index contributed by atoms with van der Waals surface area (Å²) >= 11 is 0. The molecule has 2 N–H and O–H groups in total. The van der Waals surface area contributed by atoms with Gasteiger partial charge in [0.15, 0.2) is 11.5 Å². The molecule has 0 aromatic heterocycles. The summed E-state index contributed by atoms with van der Waals surface area (Å²) in [5.74, 6) is 0.643. The van der Waals surface area contributed by atoms with Crippen LogP contribution in [0.5, 0.6) is 17.2 Å². The van der Waals surface area contributed by atoms with Crippen molar-refractivity contribution in [3.63, 3.8) is 0 Å². The van der Waals surface area contributed by atoms with E-state index in [0.29, 0.717) is 22.9 Å². The van der Waals surface area contributed by atoms with E-state index in [9.17, 15) is 9.59 Å². The van der Waals surface area contributed by atoms with Gasteiger partial charge in [-0.05, 0) is 29.3 Å². The fraction of sp³-hybridized carbons (Fsp3) is 0.300. The normalized spacial score (nSPS) is 15.4. The van der Waals surface area contributed by atoms with E-state index >= 15 is 0 Å². The number of amides is 2. The van der Waals surface area contributed by atoms with Crippen LogP contribution in [0.4, 0.5) is 5.69 Å². The van der Waals surface area contributed by atoms with Gasteiger partial charge < -0.3 is 24.8 Å². The Kier molecular flexibility index (Phi) is 5.49. The monoisotopic (exact) mass is 370 g/mol. The van der Waals surface area contributed by atoms with E-state index in [-0.39, 0.29) is 24.8 Å². The third-order valence-electron chi connectivity index (χ3n) is 4.51. The molecule has 2 amide bonds. The number of ether oxygens (including phenoxy) is 3. The lowest BCUT2D eigenvalue weighted by Crippen LogP contribution is -2.34. The van der Waals surface area contributed by atoms with Gasteiger partial charge in [0.2, 0.25) is 17.6 Å². The van der Waals surface area contributed by atoms with Gasteiger partial charge in [-0.3, -0.25) is 9.59 Å². The highest BCUT2D eigenvalue weighted by Crippen LogP contribution is 2.38. The highest BCUT2D eigenvalue weighted by Gasteiger charge is 2.30. The summed E-state index contributed by atoms with van der Waals surface area (Å²) in [6.45, 7) is 0.274. The topological polar surface area (TPSA) is 85.9 Å². The average molecular weight is 370 g/mol. The summed E-state index contributed by atoms with van der Waals surface area (Å²) in [4.78, 5) is 24.6. The first-order valence-corrected chi connectivity index (χ1v) is 8.52. The highest BCUT2D eigenvalue weighted by atomic mass is 16.5. The van der Waals surface area contributed by atoms with Crippen molar-refractivity contribution in [3.8, 4) is 17.2 Å². The molecule has 2 aromatic rings. The van der Waals surface area contributed by atoms with Crippen LogP contribution in [-0.2, 0) is 16.1 Å². The van der Waals surface area contributed by atoms with Crippen molar-refractivity contribution in [2.45, 2.75) is 18.9 Å². The molecule has 1 atom stereocenters. The van der Waals surface area contributed by atoms with Gasteiger partial charge in [-0.2, -0.15) is 0 Å². The van der Waals surface area contributed by atoms with Gasteiger partial charge in [0.1, 0.15) is 0 Å². The van der Waals surface area contributed by atoms with Crippen LogP contribution < -0.4 is 24.8 Å². The number of rotatable bonds is 6. The van der Waals surface area contributed by atoms with Crippen LogP contribution in [0.3, 0.4) is 0 Å². The first-order chi connectivity index (χ1) is 13.1. The summed E-state index contributed by atoms with van der Waals surface area (Å²) in [5.41, 5.74) is 2.30. The van der Waals surface area contributed by atoms with Crippen LogP contribution in [0.15, 0.2) is 36.4 Å². The number of benzene rings is 2. The number of fused-ring (bicyclic) bond motifs is 1. The minimum Gasteiger partial charge on any atom is -0.493 e. The van der Waals surface area contributed by atoms with E-state index in [1.165, 1.54) is 21.3 Å². The third kappa shape index (κ3) is 3.81. The van der Waals surface area contributed by atoms with Crippen molar-refractivity contribution in [2.24, 2.45) is 0 Å². The van der Waals surface area contributed by atoms with Gasteiger partial charge in [-0.15, -0.1) is 0 Å². The number of hydrogen-bond donors (Lipinski definition) is 2. The molecule has 0 fully saturated rings. The van der Waals surface area contributed by atoms with Crippen molar-refractivity contribution in [1.29, 1.82) is 0 Å². The Bertz CT molecular complexity index is 840. The van der Waals surface area contributed by atoms with Crippen LogP contribution >= 0.6 is 0 Å². The lowest BCUT2D eigenvalue weighted by molar-refractivity contribution is -0.126. The van der Waals surface area contributed by atoms with Gasteiger partial charge in [-0.1, -0.05) is 18.2 Å². The molecule has 0 aliphatic carbocycles. The lowest BCUT2D eigenvalue weighted by Gasteiger charge is -2.24. The van der Waals surface area contributed by atoms with Crippen LogP contribution in [0.1, 0.15) is 23.5 Å². The Morgan fingerprint density at radius 3 is 2.41 bits per heavy atom. The summed E-state index contributed by atoms with van der Waals surface area (Å²) in [5, 5.41) is 5.69. The fourth-order valence-electron chi connectivity index (χ4n) is 3.20. The second kappa shape index (κ2) is 7.99. The van der Waals surface area contributed by atoms with Crippen LogP contribution in [0.25, 0.3) is 0 Å². The summed E-state index contributed by atoms with van der Waals surface area (Å²) in [6.07, 6.45) is 0.123. The predicted molar refractivity (Wildman–Crippen MR) is 100 cm³/mol. The van der Waals surface area contributed by atoms with Crippen molar-refractivity contribution in [3.05, 3.63) is 47.5 Å². The lowest BCUT2D eigenvalue weighted by atomic mass is 9.90. The average Bonchev–Trinajstić information content (AvgIpc) is 2.70. The largest absolute Gasteiger partial charge is 0.493 e. The first-order valence-electron chi connectivity index (χ1n) is 8.52. The molecule has 0 saturated carbocycles. The van der Waals surface area contributed by atoms with Crippen LogP contribution in [0.2, 0.25) is 0 Å². The standard InChI is InChI=1S/C20H22N2O5/c1-25-16-8-12(9-17(26-2)19(16)27-3)11-21-20(24)14-10-18(23)22-15-7-5-4-6-13(14)15/h4-9,14H,10-11H2,1-3H3,(H,21,24)(H,22,23). The maximum atomic E-state index is 12.7. The van der Waals surface area contributed by atoms with E-state index in [4.69, 9.17) is 14.2 Å². The van der Waals surface area contributed by atoms with Crippen molar-refractivity contribution in [2.75, 3.05) is 26.6 Å². The smallest absolute Gasteiger partial charge is 0.228 e. The Labute approximate surface area is 157 Å². The second-order valence-electron chi connectivity index (χ2n) is 6.14. The molecule has 0 bridgehead atoms. The number of methoxy groups -OCH3 is 3. The number of hydrogen-bond acceptors (Lipinski definition) is 5. The number of anilines is 1. The summed E-state index contributed by atoms with van der Waals surface area (Å²) in [6, 6.07) is 10.9. The zero-order valence-electron chi connectivity index (χ0n) is 15.5. The van der Waals surface area contributed by atoms with E-state index < -0.39 is 5.92 Å². The molecule has 7 heteroatoms. The van der Waals surface area contributed by atoms with Crippen molar-refractivity contribution < 1.29 is 23.8 Å². The molecule has 3 rings (SSSR count). The van der Waals surface area contributed by atoms with E-state index in [1.807, 2.05) is 18.2 Å². The fourth-order valence-corrected chi connectivity index (χ4v) is 3.20. The summed E-state index contributed by atoms with van der Waals surface area (Å²) in [7, 11) is 4.61. The molecule has 1 aliphatic heterocycles. The van der Waals surface area contributed by atoms with Gasteiger partial charge >= 0.3 is 0 Å². The predicted octanol–water partition coefficient (Wildman–Crippen LogP) is 2.45. The molecule has 1 aliphatic rings. The van der Waals surface area contributed by atoms with Gasteiger partial charge in [0.25, 0.3) is 0 Å². The molecule has 0 saturated heterocycles. The third-order valence-corrected chi connectivity index (χ3v) is 4.51. The number of carbonyl (C=O) groups excluding carboxylic acids is 2. The Balaban J connectivity index is 1.77. The molecule has 2 aromatic carbocycles. The molecule has 0 radical (unpaired) electrons. The maximum Gasteiger partial charge on any atom is 0.228 e. The van der Waals surface area contributed by atoms with Crippen LogP contribution in [-0.4, -0.2) is 33.1 Å². The van der Waals surface area contributed by atoms with Gasteiger partial charge in [-0.25, -0.2) is 0 Å². The molecule has 142 valence electrons. The number of carbonyl (C=O) groups is 2. The number of nitrogens with one attached hydrogen (secondary N) is 2. The van der Waals surface area contributed by atoms with Crippen molar-refractivity contribution in [1.82, 2.24) is 5.32 Å². The highest BCUT2D eigenvalue weighted by molar-refractivity contribution is 6.01. The van der Waals surface area contributed by atoms with E-state index in [0.717, 1.165) is 11.1 Å².